The summed E-state index contributed by atoms with van der Waals surface area (Å²) in [5.74, 6) is 9.99. The van der Waals surface area contributed by atoms with Crippen LogP contribution in [0.3, 0.4) is 0 Å². The van der Waals surface area contributed by atoms with Crippen molar-refractivity contribution in [1.29, 1.82) is 0 Å². The second-order valence-corrected chi connectivity index (χ2v) is 9.47. The highest BCUT2D eigenvalue weighted by molar-refractivity contribution is 5.59. The smallest absolute Gasteiger partial charge is 0.167 e. The summed E-state index contributed by atoms with van der Waals surface area (Å²) in [6, 6.07) is 10.1. The predicted molar refractivity (Wildman–Crippen MR) is 129 cm³/mol. The molecule has 1 unspecified atom stereocenters. The van der Waals surface area contributed by atoms with Gasteiger partial charge in [-0.1, -0.05) is 30.3 Å². The van der Waals surface area contributed by atoms with Gasteiger partial charge in [-0.3, -0.25) is 0 Å². The van der Waals surface area contributed by atoms with E-state index in [2.05, 4.69) is 33.8 Å². The highest BCUT2D eigenvalue weighted by atomic mass is 16.5. The SMILES string of the molecule is CCC[C@H](c1cc(-c2ccc(C#CC3[C@H]4CN(CCO)C[C@@H]34)cc2)on1)n1ccnc1[C@H](C)O. The summed E-state index contributed by atoms with van der Waals surface area (Å²) in [6.45, 7) is 7.00. The first-order valence-corrected chi connectivity index (χ1v) is 12.2. The Morgan fingerprint density at radius 3 is 2.65 bits per heavy atom. The molecular formula is C27H32N4O3. The molecule has 1 saturated carbocycles. The fourth-order valence-electron chi connectivity index (χ4n) is 5.23. The molecule has 34 heavy (non-hydrogen) atoms. The Balaban J connectivity index is 1.26. The first-order valence-electron chi connectivity index (χ1n) is 12.2. The van der Waals surface area contributed by atoms with Crippen LogP contribution >= 0.6 is 0 Å². The van der Waals surface area contributed by atoms with Crippen LogP contribution in [0.15, 0.2) is 47.2 Å². The maximum Gasteiger partial charge on any atom is 0.167 e. The lowest BCUT2D eigenvalue weighted by atomic mass is 10.1. The molecule has 0 bridgehead atoms. The summed E-state index contributed by atoms with van der Waals surface area (Å²) in [5.41, 5.74) is 2.80. The Bertz CT molecular complexity index is 1160. The van der Waals surface area contributed by atoms with E-state index in [0.29, 0.717) is 23.6 Å². The van der Waals surface area contributed by atoms with Crippen LogP contribution < -0.4 is 0 Å². The number of aliphatic hydroxyl groups excluding tert-OH is 2. The summed E-state index contributed by atoms with van der Waals surface area (Å²) in [6.07, 6.45) is 4.80. The topological polar surface area (TPSA) is 87.5 Å². The molecule has 1 aliphatic carbocycles. The third-order valence-corrected chi connectivity index (χ3v) is 7.08. The molecule has 1 saturated heterocycles. The van der Waals surface area contributed by atoms with E-state index in [1.807, 2.05) is 41.1 Å². The van der Waals surface area contributed by atoms with Gasteiger partial charge in [-0.2, -0.15) is 0 Å². The number of aliphatic hydroxyl groups is 2. The largest absolute Gasteiger partial charge is 0.395 e. The van der Waals surface area contributed by atoms with Crippen molar-refractivity contribution in [2.75, 3.05) is 26.2 Å². The number of likely N-dealkylation sites (tertiary alicyclic amines) is 1. The Morgan fingerprint density at radius 1 is 1.21 bits per heavy atom. The third-order valence-electron chi connectivity index (χ3n) is 7.08. The zero-order valence-electron chi connectivity index (χ0n) is 19.8. The number of fused-ring (bicyclic) bond motifs is 1. The molecule has 3 aromatic rings. The summed E-state index contributed by atoms with van der Waals surface area (Å²) in [5, 5.41) is 23.5. The fraction of sp³-hybridized carbons (Fsp3) is 0.481. The molecule has 7 heteroatoms. The average Bonchev–Trinajstić information content (AvgIpc) is 3.35. The van der Waals surface area contributed by atoms with Gasteiger partial charge in [0.2, 0.25) is 0 Å². The zero-order valence-corrected chi connectivity index (χ0v) is 19.8. The summed E-state index contributed by atoms with van der Waals surface area (Å²) < 4.78 is 7.69. The second-order valence-electron chi connectivity index (χ2n) is 9.47. The Labute approximate surface area is 200 Å². The third kappa shape index (κ3) is 4.54. The number of benzene rings is 1. The standard InChI is InChI=1S/C27H32N4O3/c1-3-4-25(31-12-11-28-27(31)18(2)33)24-15-26(34-29-24)20-8-5-19(6-9-20)7-10-21-22-16-30(13-14-32)17-23(21)22/h5-6,8-9,11-12,15,18,21-23,25,32-33H,3-4,13-14,16-17H2,1-2H3/t18-,21?,22-,23+,25+/m0/s1. The number of piperidine rings is 1. The van der Waals surface area contributed by atoms with E-state index in [0.717, 1.165) is 55.1 Å². The maximum absolute atomic E-state index is 10.1. The van der Waals surface area contributed by atoms with Crippen molar-refractivity contribution >= 4 is 0 Å². The van der Waals surface area contributed by atoms with Crippen LogP contribution in [0, 0.1) is 29.6 Å². The minimum Gasteiger partial charge on any atom is -0.395 e. The van der Waals surface area contributed by atoms with E-state index >= 15 is 0 Å². The molecular weight excluding hydrogens is 428 g/mol. The van der Waals surface area contributed by atoms with E-state index in [1.54, 1.807) is 13.1 Å². The monoisotopic (exact) mass is 460 g/mol. The zero-order chi connectivity index (χ0) is 23.7. The molecule has 5 atom stereocenters. The van der Waals surface area contributed by atoms with Crippen molar-refractivity contribution < 1.29 is 14.7 Å². The molecule has 2 N–H and O–H groups in total. The van der Waals surface area contributed by atoms with Gasteiger partial charge in [0.05, 0.1) is 12.6 Å². The normalized spacial score (nSPS) is 23.2. The number of β-amino-alcohol motifs (C(OH)–C–C–N with tert-alkyl or cyclic N) is 1. The Kier molecular flexibility index (Phi) is 6.55. The number of imidazole rings is 1. The lowest BCUT2D eigenvalue weighted by Crippen LogP contribution is -2.27. The quantitative estimate of drug-likeness (QED) is 0.501. The molecule has 178 valence electrons. The molecule has 0 spiro atoms. The highest BCUT2D eigenvalue weighted by Crippen LogP contribution is 2.51. The van der Waals surface area contributed by atoms with Crippen LogP contribution in [0.1, 0.15) is 55.9 Å². The second kappa shape index (κ2) is 9.75. The average molecular weight is 461 g/mol. The van der Waals surface area contributed by atoms with Gasteiger partial charge in [0.25, 0.3) is 0 Å². The van der Waals surface area contributed by atoms with Crippen LogP contribution in [-0.4, -0.2) is 56.1 Å². The van der Waals surface area contributed by atoms with Gasteiger partial charge in [0, 0.05) is 55.1 Å². The first kappa shape index (κ1) is 22.9. The molecule has 2 fully saturated rings. The molecule has 5 rings (SSSR count). The van der Waals surface area contributed by atoms with E-state index in [-0.39, 0.29) is 12.6 Å². The van der Waals surface area contributed by atoms with Crippen LogP contribution in [-0.2, 0) is 0 Å². The van der Waals surface area contributed by atoms with Crippen LogP contribution in [0.5, 0.6) is 0 Å². The van der Waals surface area contributed by atoms with E-state index in [4.69, 9.17) is 9.63 Å². The first-order chi connectivity index (χ1) is 16.6. The van der Waals surface area contributed by atoms with E-state index in [9.17, 15) is 5.11 Å². The lowest BCUT2D eigenvalue weighted by Gasteiger charge is -2.19. The van der Waals surface area contributed by atoms with Crippen molar-refractivity contribution in [3.05, 3.63) is 59.8 Å². The molecule has 0 amide bonds. The van der Waals surface area contributed by atoms with Gasteiger partial charge < -0.3 is 24.2 Å². The highest BCUT2D eigenvalue weighted by Gasteiger charge is 2.54. The number of nitrogens with zero attached hydrogens (tertiary/aromatic N) is 4. The molecule has 1 aromatic carbocycles. The minimum absolute atomic E-state index is 0.0361. The summed E-state index contributed by atoms with van der Waals surface area (Å²) >= 11 is 0. The Morgan fingerprint density at radius 2 is 1.97 bits per heavy atom. The summed E-state index contributed by atoms with van der Waals surface area (Å²) in [4.78, 5) is 6.64. The van der Waals surface area contributed by atoms with Crippen molar-refractivity contribution in [2.45, 2.75) is 38.8 Å². The van der Waals surface area contributed by atoms with Crippen molar-refractivity contribution in [3.63, 3.8) is 0 Å². The van der Waals surface area contributed by atoms with Crippen LogP contribution in [0.2, 0.25) is 0 Å². The van der Waals surface area contributed by atoms with Gasteiger partial charge >= 0.3 is 0 Å². The van der Waals surface area contributed by atoms with Gasteiger partial charge in [-0.25, -0.2) is 4.98 Å². The number of hydrogen-bond donors (Lipinski definition) is 2. The van der Waals surface area contributed by atoms with Crippen molar-refractivity contribution in [1.82, 2.24) is 19.6 Å². The predicted octanol–water partition coefficient (Wildman–Crippen LogP) is 3.50. The molecule has 0 radical (unpaired) electrons. The van der Waals surface area contributed by atoms with Gasteiger partial charge in [0.15, 0.2) is 5.76 Å². The number of aromatic nitrogens is 3. The fourth-order valence-corrected chi connectivity index (χ4v) is 5.23. The van der Waals surface area contributed by atoms with Crippen molar-refractivity contribution in [3.8, 4) is 23.2 Å². The van der Waals surface area contributed by atoms with Crippen LogP contribution in [0.25, 0.3) is 11.3 Å². The molecule has 1 aliphatic heterocycles. The molecule has 7 nitrogen and oxygen atoms in total. The van der Waals surface area contributed by atoms with E-state index < -0.39 is 6.10 Å². The molecule has 2 aliphatic rings. The van der Waals surface area contributed by atoms with Gasteiger partial charge in [-0.05, 0) is 49.4 Å². The Hall–Kier alpha value is -2.92. The lowest BCUT2D eigenvalue weighted by molar-refractivity contribution is 0.181. The van der Waals surface area contributed by atoms with E-state index in [1.165, 1.54) is 0 Å². The maximum atomic E-state index is 10.1. The minimum atomic E-state index is -0.649. The van der Waals surface area contributed by atoms with Gasteiger partial charge in [-0.15, -0.1) is 0 Å². The number of hydrogen-bond acceptors (Lipinski definition) is 6. The molecule has 3 heterocycles. The summed E-state index contributed by atoms with van der Waals surface area (Å²) in [7, 11) is 0. The van der Waals surface area contributed by atoms with Gasteiger partial charge in [0.1, 0.15) is 17.6 Å². The van der Waals surface area contributed by atoms with Crippen LogP contribution in [0.4, 0.5) is 0 Å². The number of rotatable bonds is 8. The molecule has 2 aromatic heterocycles. The van der Waals surface area contributed by atoms with Crippen molar-refractivity contribution in [2.24, 2.45) is 17.8 Å².